The Morgan fingerprint density at radius 3 is 2.21 bits per heavy atom. The van der Waals surface area contributed by atoms with Gasteiger partial charge in [-0.1, -0.05) is 66.7 Å². The Morgan fingerprint density at radius 2 is 1.59 bits per heavy atom. The second-order valence-electron chi connectivity index (χ2n) is 7.93. The maximum absolute atomic E-state index is 13.2. The highest BCUT2D eigenvalue weighted by Gasteiger charge is 2.52. The molecule has 0 unspecified atom stereocenters. The van der Waals surface area contributed by atoms with Crippen LogP contribution < -0.4 is 5.01 Å². The minimum atomic E-state index is -4.59. The predicted molar refractivity (Wildman–Crippen MR) is 121 cm³/mol. The summed E-state index contributed by atoms with van der Waals surface area (Å²) in [5, 5.41) is 4.92. The first kappa shape index (κ1) is 23.2. The van der Waals surface area contributed by atoms with Gasteiger partial charge in [-0.3, -0.25) is 9.59 Å². The number of ether oxygens (including phenoxy) is 1. The van der Waals surface area contributed by atoms with Gasteiger partial charge < -0.3 is 4.74 Å². The first-order valence-corrected chi connectivity index (χ1v) is 10.6. The molecule has 34 heavy (non-hydrogen) atoms. The fourth-order valence-corrected chi connectivity index (χ4v) is 3.57. The van der Waals surface area contributed by atoms with Crippen molar-refractivity contribution in [1.82, 2.24) is 0 Å². The van der Waals surface area contributed by atoms with Crippen molar-refractivity contribution in [3.05, 3.63) is 102 Å². The lowest BCUT2D eigenvalue weighted by Crippen LogP contribution is -2.33. The topological polar surface area (TPSA) is 59.0 Å². The van der Waals surface area contributed by atoms with Crippen LogP contribution in [-0.2, 0) is 25.9 Å². The molecule has 1 fully saturated rings. The number of nitrogens with zero attached hydrogens (tertiary/aromatic N) is 2. The molecule has 3 aromatic carbocycles. The molecule has 0 bridgehead atoms. The Hall–Kier alpha value is -3.94. The molecule has 0 saturated heterocycles. The van der Waals surface area contributed by atoms with E-state index in [1.165, 1.54) is 18.3 Å². The van der Waals surface area contributed by atoms with Crippen LogP contribution >= 0.6 is 0 Å². The molecule has 0 spiro atoms. The molecule has 174 valence electrons. The van der Waals surface area contributed by atoms with Crippen molar-refractivity contribution < 1.29 is 27.5 Å². The van der Waals surface area contributed by atoms with Crippen molar-refractivity contribution in [2.24, 2.45) is 5.10 Å². The van der Waals surface area contributed by atoms with Gasteiger partial charge in [0, 0.05) is 0 Å². The van der Waals surface area contributed by atoms with E-state index in [-0.39, 0.29) is 5.69 Å². The molecule has 5 nitrogen and oxygen atoms in total. The SMILES string of the molecule is O=C(COC(=O)C1(c2ccccc2)CC1)N(/N=C/c1ccccc1)c1cccc(C(F)(F)F)c1. The largest absolute Gasteiger partial charge is 0.455 e. The van der Waals surface area contributed by atoms with Crippen LogP contribution in [0.15, 0.2) is 90.0 Å². The van der Waals surface area contributed by atoms with Gasteiger partial charge in [0.05, 0.1) is 22.9 Å². The standard InChI is InChI=1S/C26H21F3N2O3/c27-26(28,29)21-12-7-13-22(16-21)31(30-17-19-8-3-1-4-9-19)23(32)18-34-24(33)25(14-15-25)20-10-5-2-6-11-20/h1-13,16-17H,14-15,18H2/b30-17+. The van der Waals surface area contributed by atoms with Crippen LogP contribution in [-0.4, -0.2) is 24.7 Å². The highest BCUT2D eigenvalue weighted by atomic mass is 19.4. The minimum Gasteiger partial charge on any atom is -0.455 e. The number of anilines is 1. The number of esters is 1. The molecule has 1 aliphatic rings. The molecule has 0 radical (unpaired) electrons. The first-order chi connectivity index (χ1) is 16.3. The van der Waals surface area contributed by atoms with Crippen LogP contribution in [0.4, 0.5) is 18.9 Å². The van der Waals surface area contributed by atoms with Gasteiger partial charge in [-0.15, -0.1) is 0 Å². The molecule has 0 aliphatic heterocycles. The van der Waals surface area contributed by atoms with E-state index in [9.17, 15) is 22.8 Å². The second kappa shape index (κ2) is 9.51. The van der Waals surface area contributed by atoms with Crippen molar-refractivity contribution in [2.45, 2.75) is 24.4 Å². The number of alkyl halides is 3. The third-order valence-electron chi connectivity index (χ3n) is 5.57. The van der Waals surface area contributed by atoms with Gasteiger partial charge in [-0.05, 0) is 42.2 Å². The Morgan fingerprint density at radius 1 is 0.941 bits per heavy atom. The van der Waals surface area contributed by atoms with Crippen molar-refractivity contribution in [3.8, 4) is 0 Å². The van der Waals surface area contributed by atoms with Crippen LogP contribution in [0.3, 0.4) is 0 Å². The van der Waals surface area contributed by atoms with E-state index in [2.05, 4.69) is 5.10 Å². The lowest BCUT2D eigenvalue weighted by Gasteiger charge is -2.20. The Bertz CT molecular complexity index is 1190. The average Bonchev–Trinajstić information content (AvgIpc) is 3.66. The van der Waals surface area contributed by atoms with Crippen LogP contribution in [0.2, 0.25) is 0 Å². The van der Waals surface area contributed by atoms with Crippen molar-refractivity contribution in [1.29, 1.82) is 0 Å². The number of halogens is 3. The zero-order valence-corrected chi connectivity index (χ0v) is 18.0. The summed E-state index contributed by atoms with van der Waals surface area (Å²) < 4.78 is 45.0. The van der Waals surface area contributed by atoms with Gasteiger partial charge >= 0.3 is 12.1 Å². The molecule has 0 N–H and O–H groups in total. The molecule has 1 saturated carbocycles. The predicted octanol–water partition coefficient (Wildman–Crippen LogP) is 5.35. The van der Waals surface area contributed by atoms with E-state index in [4.69, 9.17) is 4.74 Å². The van der Waals surface area contributed by atoms with Crippen LogP contribution in [0.1, 0.15) is 29.5 Å². The molecule has 0 heterocycles. The monoisotopic (exact) mass is 466 g/mol. The van der Waals surface area contributed by atoms with E-state index in [1.54, 1.807) is 30.3 Å². The molecule has 3 aromatic rings. The van der Waals surface area contributed by atoms with Gasteiger partial charge in [0.2, 0.25) is 0 Å². The first-order valence-electron chi connectivity index (χ1n) is 10.6. The maximum Gasteiger partial charge on any atom is 0.416 e. The molecular weight excluding hydrogens is 445 g/mol. The smallest absolute Gasteiger partial charge is 0.416 e. The van der Waals surface area contributed by atoms with Gasteiger partial charge in [0.1, 0.15) is 0 Å². The van der Waals surface area contributed by atoms with E-state index >= 15 is 0 Å². The lowest BCUT2D eigenvalue weighted by atomic mass is 9.96. The summed E-state index contributed by atoms with van der Waals surface area (Å²) in [5.74, 6) is -1.31. The van der Waals surface area contributed by atoms with Gasteiger partial charge in [-0.2, -0.15) is 23.3 Å². The zero-order chi connectivity index (χ0) is 24.2. The van der Waals surface area contributed by atoms with E-state index in [0.29, 0.717) is 18.4 Å². The summed E-state index contributed by atoms with van der Waals surface area (Å²) in [4.78, 5) is 25.7. The highest BCUT2D eigenvalue weighted by Crippen LogP contribution is 2.49. The number of benzene rings is 3. The third-order valence-corrected chi connectivity index (χ3v) is 5.57. The Kier molecular flexibility index (Phi) is 6.49. The molecule has 8 heteroatoms. The number of carbonyl (C=O) groups is 2. The number of amides is 1. The van der Waals surface area contributed by atoms with Crippen LogP contribution in [0.5, 0.6) is 0 Å². The molecule has 1 aliphatic carbocycles. The van der Waals surface area contributed by atoms with E-state index < -0.39 is 35.6 Å². The molecule has 1 amide bonds. The quantitative estimate of drug-likeness (QED) is 0.268. The van der Waals surface area contributed by atoms with Gasteiger partial charge in [0.15, 0.2) is 6.61 Å². The summed E-state index contributed by atoms with van der Waals surface area (Å²) in [6.07, 6.45) is -2.03. The number of hydrogen-bond donors (Lipinski definition) is 0. The number of carbonyl (C=O) groups excluding carboxylic acids is 2. The van der Waals surface area contributed by atoms with Crippen molar-refractivity contribution >= 4 is 23.8 Å². The van der Waals surface area contributed by atoms with E-state index in [0.717, 1.165) is 22.7 Å². The number of hydrazone groups is 1. The van der Waals surface area contributed by atoms with Gasteiger partial charge in [-0.25, -0.2) is 0 Å². The minimum absolute atomic E-state index is 0.0905. The summed E-state index contributed by atoms with van der Waals surface area (Å²) in [5.41, 5.74) is -0.340. The lowest BCUT2D eigenvalue weighted by molar-refractivity contribution is -0.150. The van der Waals surface area contributed by atoms with Gasteiger partial charge in [0.25, 0.3) is 5.91 Å². The molecule has 4 rings (SSSR count). The normalized spacial score (nSPS) is 14.6. The van der Waals surface area contributed by atoms with E-state index in [1.807, 2.05) is 30.3 Å². The summed E-state index contributed by atoms with van der Waals surface area (Å²) in [6, 6.07) is 22.2. The highest BCUT2D eigenvalue weighted by molar-refractivity contribution is 5.97. The summed E-state index contributed by atoms with van der Waals surface area (Å²) in [7, 11) is 0. The average molecular weight is 466 g/mol. The molecule has 0 atom stereocenters. The second-order valence-corrected chi connectivity index (χ2v) is 7.93. The van der Waals surface area contributed by atoms with Crippen molar-refractivity contribution in [2.75, 3.05) is 11.6 Å². The molecule has 0 aromatic heterocycles. The number of rotatable bonds is 7. The van der Waals surface area contributed by atoms with Crippen LogP contribution in [0, 0.1) is 0 Å². The fraction of sp³-hybridized carbons (Fsp3) is 0.192. The fourth-order valence-electron chi connectivity index (χ4n) is 3.57. The summed E-state index contributed by atoms with van der Waals surface area (Å²) in [6.45, 7) is -0.657. The van der Waals surface area contributed by atoms with Crippen LogP contribution in [0.25, 0.3) is 0 Å². The third kappa shape index (κ3) is 5.17. The molecular formula is C26H21F3N2O3. The summed E-state index contributed by atoms with van der Waals surface area (Å²) >= 11 is 0. The maximum atomic E-state index is 13.2. The Balaban J connectivity index is 1.54. The number of hydrogen-bond acceptors (Lipinski definition) is 4. The van der Waals surface area contributed by atoms with Crippen molar-refractivity contribution in [3.63, 3.8) is 0 Å². The Labute approximate surface area is 194 Å². The zero-order valence-electron chi connectivity index (χ0n) is 18.0.